The Morgan fingerprint density at radius 2 is 2.11 bits per heavy atom. The zero-order valence-corrected chi connectivity index (χ0v) is 17.6. The molecule has 1 aliphatic heterocycles. The van der Waals surface area contributed by atoms with Crippen LogP contribution in [-0.4, -0.2) is 57.8 Å². The lowest BCUT2D eigenvalue weighted by Crippen LogP contribution is -2.44. The standard InChI is InChI=1S/C22H36N2O3/c1-17(2)20-15-22(11-14-27-20,18-9-6-7-10-19(18)26-5)16-21(25)23-12-8-13-24(3)4/h6-7,9-10,17,20H,8,11-16H2,1-5H3,(H,23,25)/t20-,22+/m0/s1. The molecule has 1 amide bonds. The van der Waals surface area contributed by atoms with Gasteiger partial charge < -0.3 is 19.7 Å². The average Bonchev–Trinajstić information content (AvgIpc) is 2.65. The van der Waals surface area contributed by atoms with Crippen molar-refractivity contribution < 1.29 is 14.3 Å². The predicted molar refractivity (Wildman–Crippen MR) is 109 cm³/mol. The maximum atomic E-state index is 12.8. The molecular formula is C22H36N2O3. The molecule has 0 aliphatic carbocycles. The van der Waals surface area contributed by atoms with Crippen LogP contribution in [0.5, 0.6) is 5.75 Å². The summed E-state index contributed by atoms with van der Waals surface area (Å²) in [4.78, 5) is 14.9. The third-order valence-electron chi connectivity index (χ3n) is 5.53. The van der Waals surface area contributed by atoms with Gasteiger partial charge in [-0.05, 0) is 51.9 Å². The molecule has 0 unspecified atom stereocenters. The van der Waals surface area contributed by atoms with E-state index in [4.69, 9.17) is 9.47 Å². The quantitative estimate of drug-likeness (QED) is 0.673. The zero-order chi connectivity index (χ0) is 19.9. The van der Waals surface area contributed by atoms with Crippen molar-refractivity contribution in [2.75, 3.05) is 40.9 Å². The minimum atomic E-state index is -0.245. The molecule has 1 saturated heterocycles. The fourth-order valence-corrected chi connectivity index (χ4v) is 3.96. The smallest absolute Gasteiger partial charge is 0.220 e. The van der Waals surface area contributed by atoms with E-state index in [0.29, 0.717) is 25.5 Å². The van der Waals surface area contributed by atoms with Crippen molar-refractivity contribution in [3.63, 3.8) is 0 Å². The van der Waals surface area contributed by atoms with Gasteiger partial charge in [-0.15, -0.1) is 0 Å². The third-order valence-corrected chi connectivity index (χ3v) is 5.53. The maximum Gasteiger partial charge on any atom is 0.220 e. The van der Waals surface area contributed by atoms with Gasteiger partial charge in [-0.2, -0.15) is 0 Å². The lowest BCUT2D eigenvalue weighted by Gasteiger charge is -2.43. The normalized spacial score (nSPS) is 22.9. The van der Waals surface area contributed by atoms with Gasteiger partial charge >= 0.3 is 0 Å². The molecule has 5 heteroatoms. The SMILES string of the molecule is COc1ccccc1[C@]1(CC(=O)NCCCN(C)C)CCO[C@H](C(C)C)C1. The molecule has 27 heavy (non-hydrogen) atoms. The van der Waals surface area contributed by atoms with E-state index in [1.807, 2.05) is 32.3 Å². The highest BCUT2D eigenvalue weighted by Crippen LogP contribution is 2.45. The Bertz CT molecular complexity index is 603. The number of carbonyl (C=O) groups excluding carboxylic acids is 1. The van der Waals surface area contributed by atoms with Crippen LogP contribution in [0.1, 0.15) is 45.1 Å². The first kappa shape index (κ1) is 21.7. The second-order valence-corrected chi connectivity index (χ2v) is 8.27. The Labute approximate surface area is 164 Å². The van der Waals surface area contributed by atoms with E-state index in [0.717, 1.165) is 37.1 Å². The lowest BCUT2D eigenvalue weighted by molar-refractivity contribution is -0.124. The van der Waals surface area contributed by atoms with Gasteiger partial charge in [0, 0.05) is 30.6 Å². The molecular weight excluding hydrogens is 340 g/mol. The van der Waals surface area contributed by atoms with Crippen molar-refractivity contribution in [1.82, 2.24) is 10.2 Å². The van der Waals surface area contributed by atoms with Crippen LogP contribution in [0.2, 0.25) is 0 Å². The fraction of sp³-hybridized carbons (Fsp3) is 0.682. The molecule has 1 heterocycles. The van der Waals surface area contributed by atoms with Crippen LogP contribution in [0.15, 0.2) is 24.3 Å². The van der Waals surface area contributed by atoms with E-state index in [9.17, 15) is 4.79 Å². The summed E-state index contributed by atoms with van der Waals surface area (Å²) in [5.41, 5.74) is 0.885. The van der Waals surface area contributed by atoms with E-state index in [-0.39, 0.29) is 17.4 Å². The Morgan fingerprint density at radius 1 is 1.37 bits per heavy atom. The van der Waals surface area contributed by atoms with Crippen LogP contribution >= 0.6 is 0 Å². The minimum Gasteiger partial charge on any atom is -0.496 e. The van der Waals surface area contributed by atoms with Crippen LogP contribution < -0.4 is 10.1 Å². The summed E-state index contributed by atoms with van der Waals surface area (Å²) in [5.74, 6) is 1.40. The molecule has 0 radical (unpaired) electrons. The van der Waals surface area contributed by atoms with Crippen molar-refractivity contribution >= 4 is 5.91 Å². The highest BCUT2D eigenvalue weighted by atomic mass is 16.5. The van der Waals surface area contributed by atoms with Crippen molar-refractivity contribution in [3.8, 4) is 5.75 Å². The van der Waals surface area contributed by atoms with Gasteiger partial charge in [-0.25, -0.2) is 0 Å². The summed E-state index contributed by atoms with van der Waals surface area (Å²) < 4.78 is 11.7. The Kier molecular flexibility index (Phi) is 8.11. The van der Waals surface area contributed by atoms with Gasteiger partial charge in [0.2, 0.25) is 5.91 Å². The minimum absolute atomic E-state index is 0.115. The first-order valence-corrected chi connectivity index (χ1v) is 10.0. The highest BCUT2D eigenvalue weighted by Gasteiger charge is 2.42. The van der Waals surface area contributed by atoms with E-state index >= 15 is 0 Å². The van der Waals surface area contributed by atoms with E-state index in [1.165, 1.54) is 0 Å². The second kappa shape index (κ2) is 10.1. The summed E-state index contributed by atoms with van der Waals surface area (Å²) >= 11 is 0. The number of benzene rings is 1. The predicted octanol–water partition coefficient (Wildman–Crippen LogP) is 3.23. The van der Waals surface area contributed by atoms with Crippen molar-refractivity contribution in [2.24, 2.45) is 5.92 Å². The second-order valence-electron chi connectivity index (χ2n) is 8.27. The number of carbonyl (C=O) groups is 1. The molecule has 2 rings (SSSR count). The molecule has 1 aliphatic rings. The average molecular weight is 377 g/mol. The summed E-state index contributed by atoms with van der Waals surface area (Å²) in [6.07, 6.45) is 3.27. The van der Waals surface area contributed by atoms with Crippen LogP contribution in [-0.2, 0) is 14.9 Å². The van der Waals surface area contributed by atoms with Crippen LogP contribution in [0.4, 0.5) is 0 Å². The third kappa shape index (κ3) is 5.94. The topological polar surface area (TPSA) is 50.8 Å². The molecule has 0 aromatic heterocycles. The van der Waals surface area contributed by atoms with Crippen LogP contribution in [0, 0.1) is 5.92 Å². The molecule has 0 spiro atoms. The Morgan fingerprint density at radius 3 is 2.78 bits per heavy atom. The molecule has 1 N–H and O–H groups in total. The van der Waals surface area contributed by atoms with Gasteiger partial charge in [-0.1, -0.05) is 32.0 Å². The van der Waals surface area contributed by atoms with Gasteiger partial charge in [0.25, 0.3) is 0 Å². The number of para-hydroxylation sites is 1. The number of nitrogens with one attached hydrogen (secondary N) is 1. The van der Waals surface area contributed by atoms with E-state index < -0.39 is 0 Å². The number of amides is 1. The number of ether oxygens (including phenoxy) is 2. The first-order chi connectivity index (χ1) is 12.9. The maximum absolute atomic E-state index is 12.8. The molecule has 152 valence electrons. The first-order valence-electron chi connectivity index (χ1n) is 10.0. The number of nitrogens with zero attached hydrogens (tertiary/aromatic N) is 1. The van der Waals surface area contributed by atoms with Crippen molar-refractivity contribution in [2.45, 2.75) is 51.0 Å². The van der Waals surface area contributed by atoms with Gasteiger partial charge in [0.05, 0.1) is 13.2 Å². The van der Waals surface area contributed by atoms with Gasteiger partial charge in [0.15, 0.2) is 0 Å². The summed E-state index contributed by atoms with van der Waals surface area (Å²) in [7, 11) is 5.80. The number of methoxy groups -OCH3 is 1. The number of rotatable bonds is 9. The largest absolute Gasteiger partial charge is 0.496 e. The van der Waals surface area contributed by atoms with Gasteiger partial charge in [0.1, 0.15) is 5.75 Å². The molecule has 1 aromatic carbocycles. The van der Waals surface area contributed by atoms with Crippen molar-refractivity contribution in [1.29, 1.82) is 0 Å². The monoisotopic (exact) mass is 376 g/mol. The lowest BCUT2D eigenvalue weighted by atomic mass is 9.68. The molecule has 1 aromatic rings. The zero-order valence-electron chi connectivity index (χ0n) is 17.6. The van der Waals surface area contributed by atoms with Crippen LogP contribution in [0.25, 0.3) is 0 Å². The molecule has 5 nitrogen and oxygen atoms in total. The fourth-order valence-electron chi connectivity index (χ4n) is 3.96. The molecule has 1 fully saturated rings. The van der Waals surface area contributed by atoms with Crippen molar-refractivity contribution in [3.05, 3.63) is 29.8 Å². The van der Waals surface area contributed by atoms with Gasteiger partial charge in [-0.3, -0.25) is 4.79 Å². The summed E-state index contributed by atoms with van der Waals surface area (Å²) in [5, 5.41) is 3.11. The Hall–Kier alpha value is -1.59. The number of hydrogen-bond donors (Lipinski definition) is 1. The van der Waals surface area contributed by atoms with E-state index in [1.54, 1.807) is 7.11 Å². The summed E-state index contributed by atoms with van der Waals surface area (Å²) in [6, 6.07) is 8.12. The Balaban J connectivity index is 2.19. The molecule has 0 bridgehead atoms. The summed E-state index contributed by atoms with van der Waals surface area (Å²) in [6.45, 7) is 6.73. The molecule has 0 saturated carbocycles. The highest BCUT2D eigenvalue weighted by molar-refractivity contribution is 5.78. The number of hydrogen-bond acceptors (Lipinski definition) is 4. The van der Waals surface area contributed by atoms with Crippen LogP contribution in [0.3, 0.4) is 0 Å². The van der Waals surface area contributed by atoms with E-state index in [2.05, 4.69) is 30.1 Å². The molecule has 2 atom stereocenters.